The minimum atomic E-state index is -3.80. The van der Waals surface area contributed by atoms with Crippen LogP contribution in [0.25, 0.3) is 0 Å². The summed E-state index contributed by atoms with van der Waals surface area (Å²) in [5.41, 5.74) is 0. The number of benzene rings is 1. The Kier molecular flexibility index (Phi) is 4.25. The van der Waals surface area contributed by atoms with Gasteiger partial charge in [0.1, 0.15) is 10.7 Å². The molecule has 18 heavy (non-hydrogen) atoms. The van der Waals surface area contributed by atoms with E-state index in [0.29, 0.717) is 5.88 Å². The third kappa shape index (κ3) is 2.84. The molecule has 1 aromatic rings. The van der Waals surface area contributed by atoms with Crippen LogP contribution in [0.3, 0.4) is 0 Å². The van der Waals surface area contributed by atoms with Crippen molar-refractivity contribution in [2.45, 2.75) is 30.2 Å². The van der Waals surface area contributed by atoms with Crippen molar-refractivity contribution < 1.29 is 12.8 Å². The molecule has 0 aliphatic heterocycles. The second-order valence-corrected chi connectivity index (χ2v) is 6.49. The van der Waals surface area contributed by atoms with Gasteiger partial charge in [0.15, 0.2) is 0 Å². The molecule has 3 nitrogen and oxygen atoms in total. The number of hydrogen-bond donors (Lipinski definition) is 1. The zero-order valence-corrected chi connectivity index (χ0v) is 11.3. The lowest BCUT2D eigenvalue weighted by atomic mass is 10.1. The van der Waals surface area contributed by atoms with Gasteiger partial charge in [0, 0.05) is 11.9 Å². The molecule has 0 bridgehead atoms. The summed E-state index contributed by atoms with van der Waals surface area (Å²) >= 11 is 5.80. The number of sulfonamides is 1. The molecule has 0 aromatic heterocycles. The molecule has 2 atom stereocenters. The Balaban J connectivity index is 2.20. The summed E-state index contributed by atoms with van der Waals surface area (Å²) < 4.78 is 40.2. The third-order valence-electron chi connectivity index (χ3n) is 3.29. The van der Waals surface area contributed by atoms with Crippen LogP contribution >= 0.6 is 11.6 Å². The molecule has 1 saturated carbocycles. The van der Waals surface area contributed by atoms with Gasteiger partial charge in [0.05, 0.1) is 0 Å². The SMILES string of the molecule is O=S(=O)(NC1CCCC1CCl)c1ccccc1F. The molecular formula is C12H15ClFNO2S. The number of hydrogen-bond acceptors (Lipinski definition) is 2. The van der Waals surface area contributed by atoms with Gasteiger partial charge in [-0.25, -0.2) is 17.5 Å². The molecule has 0 heterocycles. The first-order valence-corrected chi connectivity index (χ1v) is 7.89. The van der Waals surface area contributed by atoms with Crippen LogP contribution in [-0.2, 0) is 10.0 Å². The summed E-state index contributed by atoms with van der Waals surface area (Å²) in [4.78, 5) is -0.301. The Labute approximate surface area is 111 Å². The van der Waals surface area contributed by atoms with Gasteiger partial charge in [0.2, 0.25) is 10.0 Å². The Morgan fingerprint density at radius 3 is 2.72 bits per heavy atom. The fraction of sp³-hybridized carbons (Fsp3) is 0.500. The smallest absolute Gasteiger partial charge is 0.208 e. The summed E-state index contributed by atoms with van der Waals surface area (Å²) in [6.07, 6.45) is 2.61. The minimum absolute atomic E-state index is 0.133. The predicted octanol–water partition coefficient (Wildman–Crippen LogP) is 2.51. The van der Waals surface area contributed by atoms with Gasteiger partial charge in [0.25, 0.3) is 0 Å². The van der Waals surface area contributed by atoms with E-state index < -0.39 is 15.8 Å². The number of alkyl halides is 1. The Hall–Kier alpha value is -0.650. The molecular weight excluding hydrogens is 277 g/mol. The van der Waals surface area contributed by atoms with Gasteiger partial charge in [-0.2, -0.15) is 0 Å². The zero-order chi connectivity index (χ0) is 13.2. The second-order valence-electron chi connectivity index (χ2n) is 4.50. The van der Waals surface area contributed by atoms with Crippen LogP contribution in [0.2, 0.25) is 0 Å². The highest BCUT2D eigenvalue weighted by Gasteiger charge is 2.31. The van der Waals surface area contributed by atoms with Gasteiger partial charge < -0.3 is 0 Å². The van der Waals surface area contributed by atoms with Gasteiger partial charge in [-0.3, -0.25) is 0 Å². The van der Waals surface area contributed by atoms with E-state index in [9.17, 15) is 12.8 Å². The first kappa shape index (κ1) is 13.8. The van der Waals surface area contributed by atoms with Crippen LogP contribution < -0.4 is 4.72 Å². The van der Waals surface area contributed by atoms with Crippen molar-refractivity contribution in [3.8, 4) is 0 Å². The molecule has 1 aliphatic rings. The molecule has 1 fully saturated rings. The maximum atomic E-state index is 13.5. The molecule has 6 heteroatoms. The Morgan fingerprint density at radius 1 is 1.33 bits per heavy atom. The van der Waals surface area contributed by atoms with E-state index >= 15 is 0 Å². The van der Waals surface area contributed by atoms with Crippen molar-refractivity contribution in [3.63, 3.8) is 0 Å². The topological polar surface area (TPSA) is 46.2 Å². The Morgan fingerprint density at radius 2 is 2.06 bits per heavy atom. The lowest BCUT2D eigenvalue weighted by Gasteiger charge is -2.19. The van der Waals surface area contributed by atoms with Crippen LogP contribution in [0.1, 0.15) is 19.3 Å². The number of nitrogens with one attached hydrogen (secondary N) is 1. The van der Waals surface area contributed by atoms with E-state index in [1.807, 2.05) is 0 Å². The van der Waals surface area contributed by atoms with Crippen molar-refractivity contribution >= 4 is 21.6 Å². The van der Waals surface area contributed by atoms with Crippen LogP contribution in [0, 0.1) is 11.7 Å². The monoisotopic (exact) mass is 291 g/mol. The van der Waals surface area contributed by atoms with E-state index in [1.165, 1.54) is 18.2 Å². The summed E-state index contributed by atoms with van der Waals surface area (Å²) in [7, 11) is -3.80. The van der Waals surface area contributed by atoms with E-state index in [0.717, 1.165) is 25.3 Å². The normalized spacial score (nSPS) is 24.3. The highest BCUT2D eigenvalue weighted by Crippen LogP contribution is 2.28. The highest BCUT2D eigenvalue weighted by atomic mass is 35.5. The lowest BCUT2D eigenvalue weighted by Crippen LogP contribution is -2.38. The predicted molar refractivity (Wildman–Crippen MR) is 68.6 cm³/mol. The van der Waals surface area contributed by atoms with Crippen LogP contribution in [0.4, 0.5) is 4.39 Å². The molecule has 2 rings (SSSR count). The first-order chi connectivity index (χ1) is 8.54. The van der Waals surface area contributed by atoms with Crippen molar-refractivity contribution in [1.29, 1.82) is 0 Å². The van der Waals surface area contributed by atoms with Gasteiger partial charge >= 0.3 is 0 Å². The summed E-state index contributed by atoms with van der Waals surface area (Å²) in [6.45, 7) is 0. The van der Waals surface area contributed by atoms with E-state index in [2.05, 4.69) is 4.72 Å². The fourth-order valence-electron chi connectivity index (χ4n) is 2.30. The molecule has 0 saturated heterocycles. The van der Waals surface area contributed by atoms with E-state index in [-0.39, 0.29) is 16.9 Å². The average molecular weight is 292 g/mol. The molecule has 1 N–H and O–H groups in total. The summed E-state index contributed by atoms with van der Waals surface area (Å²) in [5, 5.41) is 0. The quantitative estimate of drug-likeness (QED) is 0.867. The van der Waals surface area contributed by atoms with Crippen molar-refractivity contribution in [2.24, 2.45) is 5.92 Å². The molecule has 1 aromatic carbocycles. The van der Waals surface area contributed by atoms with E-state index in [4.69, 9.17) is 11.6 Å². The van der Waals surface area contributed by atoms with Crippen molar-refractivity contribution in [1.82, 2.24) is 4.72 Å². The maximum absolute atomic E-state index is 13.5. The van der Waals surface area contributed by atoms with Crippen LogP contribution in [-0.4, -0.2) is 20.3 Å². The van der Waals surface area contributed by atoms with Gasteiger partial charge in [-0.15, -0.1) is 11.6 Å². The van der Waals surface area contributed by atoms with Gasteiger partial charge in [-0.05, 0) is 30.9 Å². The van der Waals surface area contributed by atoms with Crippen molar-refractivity contribution in [2.75, 3.05) is 5.88 Å². The van der Waals surface area contributed by atoms with Gasteiger partial charge in [-0.1, -0.05) is 18.6 Å². The largest absolute Gasteiger partial charge is 0.243 e. The first-order valence-electron chi connectivity index (χ1n) is 5.87. The fourth-order valence-corrected chi connectivity index (χ4v) is 4.09. The highest BCUT2D eigenvalue weighted by molar-refractivity contribution is 7.89. The van der Waals surface area contributed by atoms with Crippen LogP contribution in [0.5, 0.6) is 0 Å². The van der Waals surface area contributed by atoms with Crippen molar-refractivity contribution in [3.05, 3.63) is 30.1 Å². The average Bonchev–Trinajstić information content (AvgIpc) is 2.76. The molecule has 2 unspecified atom stereocenters. The third-order valence-corrected chi connectivity index (χ3v) is 5.21. The minimum Gasteiger partial charge on any atom is -0.208 e. The van der Waals surface area contributed by atoms with E-state index in [1.54, 1.807) is 0 Å². The Bertz CT molecular complexity index is 521. The molecule has 0 radical (unpaired) electrons. The molecule has 0 amide bonds. The number of rotatable bonds is 4. The standard InChI is InChI=1S/C12H15ClFNO2S/c13-8-9-4-3-6-11(9)15-18(16,17)12-7-2-1-5-10(12)14/h1-2,5,7,9,11,15H,3-4,6,8H2. The van der Waals surface area contributed by atoms with Crippen LogP contribution in [0.15, 0.2) is 29.2 Å². The summed E-state index contributed by atoms with van der Waals surface area (Å²) in [5.74, 6) is -0.177. The zero-order valence-electron chi connectivity index (χ0n) is 9.77. The second kappa shape index (κ2) is 5.55. The maximum Gasteiger partial charge on any atom is 0.243 e. The molecule has 1 aliphatic carbocycles. The lowest BCUT2D eigenvalue weighted by molar-refractivity contribution is 0.477. The number of halogens is 2. The molecule has 100 valence electrons. The summed E-state index contributed by atoms with van der Waals surface area (Å²) in [6, 6.07) is 5.19. The molecule has 0 spiro atoms.